The van der Waals surface area contributed by atoms with E-state index in [1.54, 1.807) is 30.0 Å². The number of carbonyl (C=O) groups is 2. The number of pyridine rings is 1. The predicted molar refractivity (Wildman–Crippen MR) is 115 cm³/mol. The zero-order chi connectivity index (χ0) is 24.3. The maximum atomic E-state index is 13.1. The number of likely N-dealkylation sites (tertiary alicyclic amines) is 1. The van der Waals surface area contributed by atoms with E-state index in [1.165, 1.54) is 6.20 Å². The average molecular weight is 480 g/mol. The topological polar surface area (TPSA) is 97.6 Å². The zero-order valence-electron chi connectivity index (χ0n) is 18.8. The molecule has 4 rings (SSSR count). The number of hydrogen-bond donors (Lipinski definition) is 1. The van der Waals surface area contributed by atoms with Crippen LogP contribution in [0.25, 0.3) is 0 Å². The van der Waals surface area contributed by atoms with Crippen LogP contribution in [0.3, 0.4) is 0 Å². The third kappa shape index (κ3) is 5.51. The molecule has 0 bridgehead atoms. The predicted octanol–water partition coefficient (Wildman–Crippen LogP) is 4.37. The highest BCUT2D eigenvalue weighted by Gasteiger charge is 2.44. The largest absolute Gasteiger partial charge is 0.489 e. The van der Waals surface area contributed by atoms with Gasteiger partial charge in [-0.25, -0.2) is 4.98 Å². The van der Waals surface area contributed by atoms with E-state index in [9.17, 15) is 22.8 Å². The van der Waals surface area contributed by atoms with Crippen molar-refractivity contribution >= 4 is 17.7 Å². The number of carbonyl (C=O) groups excluding carboxylic acids is 2. The zero-order valence-corrected chi connectivity index (χ0v) is 18.8. The molecule has 1 aliphatic carbocycles. The fourth-order valence-corrected chi connectivity index (χ4v) is 4.66. The Morgan fingerprint density at radius 1 is 1.24 bits per heavy atom. The molecule has 1 atom stereocenters. The first-order valence-electron chi connectivity index (χ1n) is 11.4. The van der Waals surface area contributed by atoms with E-state index in [0.717, 1.165) is 12.8 Å². The Bertz CT molecular complexity index is 1020. The highest BCUT2D eigenvalue weighted by Crippen LogP contribution is 2.40. The van der Waals surface area contributed by atoms with Crippen molar-refractivity contribution in [1.82, 2.24) is 15.0 Å². The van der Waals surface area contributed by atoms with Gasteiger partial charge in [-0.05, 0) is 57.6 Å². The number of amides is 2. The molecular formula is C23H27F3N4O4. The highest BCUT2D eigenvalue weighted by molar-refractivity contribution is 6.03. The van der Waals surface area contributed by atoms with Crippen LogP contribution < -0.4 is 10.1 Å². The Morgan fingerprint density at radius 3 is 2.68 bits per heavy atom. The number of ether oxygens (including phenoxy) is 1. The molecule has 2 aromatic rings. The van der Waals surface area contributed by atoms with Gasteiger partial charge in [-0.3, -0.25) is 14.9 Å². The van der Waals surface area contributed by atoms with Gasteiger partial charge in [0, 0.05) is 24.7 Å². The number of alkyl halides is 3. The molecule has 1 aliphatic heterocycles. The fraction of sp³-hybridized carbons (Fsp3) is 0.565. The lowest BCUT2D eigenvalue weighted by Crippen LogP contribution is -2.44. The van der Waals surface area contributed by atoms with Gasteiger partial charge in [0.25, 0.3) is 5.91 Å². The summed E-state index contributed by atoms with van der Waals surface area (Å²) in [7, 11) is 0. The van der Waals surface area contributed by atoms with Gasteiger partial charge in [0.1, 0.15) is 6.61 Å². The van der Waals surface area contributed by atoms with Crippen molar-refractivity contribution in [2.75, 3.05) is 18.5 Å². The second-order valence-corrected chi connectivity index (χ2v) is 8.87. The third-order valence-electron chi connectivity index (χ3n) is 6.48. The van der Waals surface area contributed by atoms with E-state index in [-0.39, 0.29) is 67.5 Å². The van der Waals surface area contributed by atoms with Crippen LogP contribution >= 0.6 is 0 Å². The smallest absolute Gasteiger partial charge is 0.391 e. The molecule has 3 heterocycles. The highest BCUT2D eigenvalue weighted by atomic mass is 19.4. The van der Waals surface area contributed by atoms with Crippen LogP contribution in [-0.4, -0.2) is 52.2 Å². The molecule has 2 fully saturated rings. The molecule has 1 saturated heterocycles. The van der Waals surface area contributed by atoms with Crippen molar-refractivity contribution in [1.29, 1.82) is 0 Å². The standard InChI is InChI=1S/C23H27F3N4O4/c1-14-12-19(34-29-14)28-21(31)20-18(5-2-10-27-20)33-13-17-4-3-11-30(17)22(32)15-6-8-16(9-7-15)23(24,25)26/h2,5,10,12,15-17H,3-4,6-9,11,13H2,1H3,(H,28,31). The number of nitrogens with one attached hydrogen (secondary N) is 1. The SMILES string of the molecule is Cc1cc(NC(=O)c2ncccc2OCC2CCCN2C(=O)C2CCC(C(F)(F)F)CC2)on1. The fourth-order valence-electron chi connectivity index (χ4n) is 4.66. The molecule has 1 saturated carbocycles. The Kier molecular flexibility index (Phi) is 7.08. The van der Waals surface area contributed by atoms with Crippen molar-refractivity contribution in [2.45, 2.75) is 57.7 Å². The van der Waals surface area contributed by atoms with Crippen LogP contribution in [0.2, 0.25) is 0 Å². The van der Waals surface area contributed by atoms with Crippen molar-refractivity contribution < 1.29 is 32.0 Å². The summed E-state index contributed by atoms with van der Waals surface area (Å²) in [5.41, 5.74) is 0.684. The van der Waals surface area contributed by atoms with E-state index in [1.807, 2.05) is 0 Å². The second-order valence-electron chi connectivity index (χ2n) is 8.87. The molecular weight excluding hydrogens is 453 g/mol. The first-order valence-corrected chi connectivity index (χ1v) is 11.4. The number of anilines is 1. The molecule has 0 aromatic carbocycles. The molecule has 2 aliphatic rings. The van der Waals surface area contributed by atoms with E-state index in [4.69, 9.17) is 9.26 Å². The molecule has 2 aromatic heterocycles. The van der Waals surface area contributed by atoms with Crippen LogP contribution in [0.5, 0.6) is 5.75 Å². The summed E-state index contributed by atoms with van der Waals surface area (Å²) in [5.74, 6) is -1.87. The number of rotatable bonds is 6. The van der Waals surface area contributed by atoms with E-state index in [2.05, 4.69) is 15.5 Å². The summed E-state index contributed by atoms with van der Waals surface area (Å²) in [6, 6.07) is 4.63. The molecule has 11 heteroatoms. The minimum atomic E-state index is -4.20. The Hall–Kier alpha value is -3.11. The van der Waals surface area contributed by atoms with Gasteiger partial charge < -0.3 is 14.2 Å². The number of aromatic nitrogens is 2. The molecule has 0 radical (unpaired) electrons. The molecule has 8 nitrogen and oxygen atoms in total. The van der Waals surface area contributed by atoms with Crippen molar-refractivity contribution in [3.63, 3.8) is 0 Å². The molecule has 34 heavy (non-hydrogen) atoms. The summed E-state index contributed by atoms with van der Waals surface area (Å²) in [6.45, 7) is 2.44. The molecule has 1 unspecified atom stereocenters. The number of nitrogens with zero attached hydrogens (tertiary/aromatic N) is 3. The van der Waals surface area contributed by atoms with Crippen LogP contribution in [0.4, 0.5) is 19.1 Å². The van der Waals surface area contributed by atoms with Gasteiger partial charge in [-0.15, -0.1) is 0 Å². The summed E-state index contributed by atoms with van der Waals surface area (Å²) >= 11 is 0. The first kappa shape index (κ1) is 24.0. The minimum absolute atomic E-state index is 0.00617. The normalized spacial score (nSPS) is 23.1. The van der Waals surface area contributed by atoms with Crippen molar-refractivity contribution in [2.24, 2.45) is 11.8 Å². The maximum absolute atomic E-state index is 13.1. The quantitative estimate of drug-likeness (QED) is 0.660. The average Bonchev–Trinajstić information content (AvgIpc) is 3.45. The van der Waals surface area contributed by atoms with E-state index < -0.39 is 18.0 Å². The first-order chi connectivity index (χ1) is 16.2. The van der Waals surface area contributed by atoms with Gasteiger partial charge >= 0.3 is 6.18 Å². The number of hydrogen-bond acceptors (Lipinski definition) is 6. The number of halogens is 3. The lowest BCUT2D eigenvalue weighted by Gasteiger charge is -2.33. The number of aryl methyl sites for hydroxylation is 1. The lowest BCUT2D eigenvalue weighted by atomic mass is 9.81. The molecule has 1 N–H and O–H groups in total. The Labute approximate surface area is 194 Å². The monoisotopic (exact) mass is 480 g/mol. The van der Waals surface area contributed by atoms with Gasteiger partial charge in [0.15, 0.2) is 11.4 Å². The van der Waals surface area contributed by atoms with Gasteiger partial charge in [0.05, 0.1) is 17.7 Å². The third-order valence-corrected chi connectivity index (χ3v) is 6.48. The van der Waals surface area contributed by atoms with E-state index >= 15 is 0 Å². The lowest BCUT2D eigenvalue weighted by molar-refractivity contribution is -0.185. The van der Waals surface area contributed by atoms with Gasteiger partial charge in [-0.1, -0.05) is 5.16 Å². The summed E-state index contributed by atoms with van der Waals surface area (Å²) in [6.07, 6.45) is -0.719. The van der Waals surface area contributed by atoms with Crippen LogP contribution in [0.15, 0.2) is 28.9 Å². The Morgan fingerprint density at radius 2 is 2.00 bits per heavy atom. The van der Waals surface area contributed by atoms with Gasteiger partial charge in [-0.2, -0.15) is 13.2 Å². The van der Waals surface area contributed by atoms with E-state index in [0.29, 0.717) is 12.2 Å². The maximum Gasteiger partial charge on any atom is 0.391 e. The van der Waals surface area contributed by atoms with Crippen LogP contribution in [-0.2, 0) is 4.79 Å². The minimum Gasteiger partial charge on any atom is -0.489 e. The van der Waals surface area contributed by atoms with Crippen LogP contribution in [0.1, 0.15) is 54.7 Å². The molecule has 0 spiro atoms. The summed E-state index contributed by atoms with van der Waals surface area (Å²) in [4.78, 5) is 31.5. The van der Waals surface area contributed by atoms with Crippen LogP contribution in [0, 0.1) is 18.8 Å². The van der Waals surface area contributed by atoms with Crippen molar-refractivity contribution in [3.05, 3.63) is 35.8 Å². The second kappa shape index (κ2) is 10.0. The summed E-state index contributed by atoms with van der Waals surface area (Å²) < 4.78 is 49.8. The van der Waals surface area contributed by atoms with Crippen molar-refractivity contribution in [3.8, 4) is 5.75 Å². The Balaban J connectivity index is 1.35. The molecule has 2 amide bonds. The summed E-state index contributed by atoms with van der Waals surface area (Å²) in [5, 5.41) is 6.30. The molecule has 184 valence electrons. The van der Waals surface area contributed by atoms with Gasteiger partial charge in [0.2, 0.25) is 11.8 Å².